The van der Waals surface area contributed by atoms with Gasteiger partial charge in [0.05, 0.1) is 6.26 Å². The normalized spacial score (nSPS) is 11.0. The molecule has 2 heteroatoms. The summed E-state index contributed by atoms with van der Waals surface area (Å²) in [5.74, 6) is 2.46. The van der Waals surface area contributed by atoms with Gasteiger partial charge >= 0.3 is 0 Å². The molecule has 0 aliphatic heterocycles. The van der Waals surface area contributed by atoms with Gasteiger partial charge < -0.3 is 4.74 Å². The number of halogens is 1. The maximum atomic E-state index is 5.11. The van der Waals surface area contributed by atoms with Gasteiger partial charge in [0.2, 0.25) is 0 Å². The van der Waals surface area contributed by atoms with Crippen molar-refractivity contribution in [3.05, 3.63) is 48.2 Å². The fourth-order valence-electron chi connectivity index (χ4n) is 1.33. The van der Waals surface area contributed by atoms with Gasteiger partial charge in [-0.2, -0.15) is 0 Å². The minimum atomic E-state index is 0.615. The average molecular weight is 285 g/mol. The van der Waals surface area contributed by atoms with Gasteiger partial charge in [0, 0.05) is 0 Å². The Balaban J connectivity index is 0.00000106. The van der Waals surface area contributed by atoms with E-state index in [1.165, 1.54) is 23.8 Å². The van der Waals surface area contributed by atoms with Gasteiger partial charge in [0.1, 0.15) is 6.61 Å². The van der Waals surface area contributed by atoms with E-state index < -0.39 is 0 Å². The van der Waals surface area contributed by atoms with Crippen LogP contribution in [0.2, 0.25) is 0 Å². The summed E-state index contributed by atoms with van der Waals surface area (Å²) in [5.41, 5.74) is 2.59. The zero-order valence-corrected chi connectivity index (χ0v) is 12.0. The maximum absolute atomic E-state index is 5.11. The first kappa shape index (κ1) is 15.2. The van der Waals surface area contributed by atoms with Crippen LogP contribution in [0.4, 0.5) is 0 Å². The Kier molecular flexibility index (Phi) is 9.02. The third kappa shape index (κ3) is 5.36. The van der Waals surface area contributed by atoms with Crippen LogP contribution in [0.25, 0.3) is 0 Å². The average Bonchev–Trinajstić information content (AvgIpc) is 2.38. The predicted molar refractivity (Wildman–Crippen MR) is 75.0 cm³/mol. The van der Waals surface area contributed by atoms with Crippen molar-refractivity contribution in [1.82, 2.24) is 0 Å². The molecule has 90 valence electrons. The van der Waals surface area contributed by atoms with Gasteiger partial charge in [0.15, 0.2) is 0 Å². The lowest BCUT2D eigenvalue weighted by Crippen LogP contribution is -1.92. The first-order valence-corrected chi connectivity index (χ1v) is 7.05. The zero-order chi connectivity index (χ0) is 12.4. The standard InChI is InChI=1S/C13H18O.CH3Br/c1-4-11(3)13-8-6-12(7-9-13)10-14-5-2;1-2/h5-9,11H,2,4,10H2,1,3H3;1H3. The van der Waals surface area contributed by atoms with E-state index in [9.17, 15) is 0 Å². The lowest BCUT2D eigenvalue weighted by Gasteiger charge is -2.09. The topological polar surface area (TPSA) is 9.23 Å². The lowest BCUT2D eigenvalue weighted by atomic mass is 9.98. The van der Waals surface area contributed by atoms with Crippen molar-refractivity contribution in [3.63, 3.8) is 0 Å². The number of ether oxygens (including phenoxy) is 1. The predicted octanol–water partition coefficient (Wildman–Crippen LogP) is 4.87. The second-order valence-electron chi connectivity index (χ2n) is 3.53. The molecule has 1 aromatic rings. The number of hydrogen-bond acceptors (Lipinski definition) is 1. The quantitative estimate of drug-likeness (QED) is 0.554. The zero-order valence-electron chi connectivity index (χ0n) is 10.4. The molecule has 0 bridgehead atoms. The molecule has 0 fully saturated rings. The lowest BCUT2D eigenvalue weighted by molar-refractivity contribution is 0.237. The van der Waals surface area contributed by atoms with E-state index in [0.717, 1.165) is 0 Å². The fraction of sp³-hybridized carbons (Fsp3) is 0.429. The molecule has 0 heterocycles. The van der Waals surface area contributed by atoms with E-state index in [-0.39, 0.29) is 0 Å². The smallest absolute Gasteiger partial charge is 0.112 e. The summed E-state index contributed by atoms with van der Waals surface area (Å²) in [7, 11) is 0. The van der Waals surface area contributed by atoms with Gasteiger partial charge in [0.25, 0.3) is 0 Å². The molecule has 1 unspecified atom stereocenters. The highest BCUT2D eigenvalue weighted by Crippen LogP contribution is 2.18. The van der Waals surface area contributed by atoms with Gasteiger partial charge in [-0.3, -0.25) is 0 Å². The molecule has 0 spiro atoms. The minimum absolute atomic E-state index is 0.615. The number of rotatable bonds is 5. The van der Waals surface area contributed by atoms with Crippen LogP contribution in [0, 0.1) is 0 Å². The van der Waals surface area contributed by atoms with Crippen LogP contribution in [-0.2, 0) is 11.3 Å². The molecule has 1 atom stereocenters. The van der Waals surface area contributed by atoms with Crippen LogP contribution in [0.1, 0.15) is 37.3 Å². The van der Waals surface area contributed by atoms with Crippen LogP contribution >= 0.6 is 15.9 Å². The molecule has 0 aromatic heterocycles. The molecule has 16 heavy (non-hydrogen) atoms. The molecule has 0 aliphatic carbocycles. The first-order valence-electron chi connectivity index (χ1n) is 5.47. The summed E-state index contributed by atoms with van der Waals surface area (Å²) in [4.78, 5) is 0. The van der Waals surface area contributed by atoms with Crippen molar-refractivity contribution < 1.29 is 4.74 Å². The highest BCUT2D eigenvalue weighted by molar-refractivity contribution is 9.08. The molecule has 0 amide bonds. The van der Waals surface area contributed by atoms with E-state index in [1.54, 1.807) is 0 Å². The van der Waals surface area contributed by atoms with E-state index in [0.29, 0.717) is 12.5 Å². The molecule has 0 aliphatic rings. The van der Waals surface area contributed by atoms with Crippen LogP contribution in [0.3, 0.4) is 0 Å². The second kappa shape index (κ2) is 9.46. The highest BCUT2D eigenvalue weighted by atomic mass is 79.9. The third-order valence-electron chi connectivity index (χ3n) is 2.53. The van der Waals surface area contributed by atoms with Crippen LogP contribution in [-0.4, -0.2) is 5.83 Å². The van der Waals surface area contributed by atoms with Crippen molar-refractivity contribution in [2.75, 3.05) is 5.83 Å². The Morgan fingerprint density at radius 2 is 1.88 bits per heavy atom. The number of benzene rings is 1. The fourth-order valence-corrected chi connectivity index (χ4v) is 1.33. The van der Waals surface area contributed by atoms with Gasteiger partial charge in [-0.1, -0.05) is 60.6 Å². The third-order valence-corrected chi connectivity index (χ3v) is 2.53. The van der Waals surface area contributed by atoms with Crippen LogP contribution < -0.4 is 0 Å². The molecular formula is C14H21BrO. The van der Waals surface area contributed by atoms with Crippen molar-refractivity contribution in [3.8, 4) is 0 Å². The Hall–Kier alpha value is -0.760. The molecular weight excluding hydrogens is 264 g/mol. The summed E-state index contributed by atoms with van der Waals surface area (Å²) in [6.07, 6.45) is 2.66. The molecule has 0 saturated heterocycles. The Morgan fingerprint density at radius 3 is 2.31 bits per heavy atom. The van der Waals surface area contributed by atoms with Crippen molar-refractivity contribution in [2.45, 2.75) is 32.8 Å². The Bertz CT molecular complexity index is 279. The van der Waals surface area contributed by atoms with Gasteiger partial charge in [-0.25, -0.2) is 0 Å². The Morgan fingerprint density at radius 1 is 1.31 bits per heavy atom. The first-order chi connectivity index (χ1) is 7.77. The summed E-state index contributed by atoms with van der Waals surface area (Å²) < 4.78 is 5.11. The van der Waals surface area contributed by atoms with Crippen molar-refractivity contribution >= 4 is 15.9 Å². The number of hydrogen-bond donors (Lipinski definition) is 0. The van der Waals surface area contributed by atoms with Crippen LogP contribution in [0.5, 0.6) is 0 Å². The molecule has 1 aromatic carbocycles. The molecule has 1 rings (SSSR count). The SMILES string of the molecule is C=COCc1ccc(C(C)CC)cc1.CBr. The van der Waals surface area contributed by atoms with E-state index in [2.05, 4.69) is 60.6 Å². The van der Waals surface area contributed by atoms with Gasteiger partial charge in [-0.15, -0.1) is 0 Å². The summed E-state index contributed by atoms with van der Waals surface area (Å²) >= 11 is 2.94. The second-order valence-corrected chi connectivity index (χ2v) is 3.53. The largest absolute Gasteiger partial charge is 0.497 e. The maximum Gasteiger partial charge on any atom is 0.112 e. The molecule has 0 radical (unpaired) electrons. The molecule has 0 N–H and O–H groups in total. The summed E-state index contributed by atoms with van der Waals surface area (Å²) in [6, 6.07) is 8.59. The highest BCUT2D eigenvalue weighted by Gasteiger charge is 2.01. The van der Waals surface area contributed by atoms with E-state index in [1.807, 2.05) is 5.83 Å². The van der Waals surface area contributed by atoms with E-state index >= 15 is 0 Å². The van der Waals surface area contributed by atoms with E-state index in [4.69, 9.17) is 4.74 Å². The molecule has 0 saturated carbocycles. The monoisotopic (exact) mass is 284 g/mol. The summed E-state index contributed by atoms with van der Waals surface area (Å²) in [6.45, 7) is 8.58. The minimum Gasteiger partial charge on any atom is -0.497 e. The van der Waals surface area contributed by atoms with Crippen molar-refractivity contribution in [2.24, 2.45) is 0 Å². The Labute approximate surface area is 108 Å². The van der Waals surface area contributed by atoms with Crippen molar-refractivity contribution in [1.29, 1.82) is 0 Å². The van der Waals surface area contributed by atoms with Gasteiger partial charge in [-0.05, 0) is 29.3 Å². The van der Waals surface area contributed by atoms with Crippen LogP contribution in [0.15, 0.2) is 37.1 Å². The molecule has 1 nitrogen and oxygen atoms in total. The summed E-state index contributed by atoms with van der Waals surface area (Å²) in [5, 5.41) is 0. The number of alkyl halides is 1.